The summed E-state index contributed by atoms with van der Waals surface area (Å²) >= 11 is 0. The van der Waals surface area contributed by atoms with E-state index in [0.29, 0.717) is 30.6 Å². The predicted molar refractivity (Wildman–Crippen MR) is 108 cm³/mol. The highest BCUT2D eigenvalue weighted by molar-refractivity contribution is 5.99. The van der Waals surface area contributed by atoms with Crippen molar-refractivity contribution in [1.82, 2.24) is 9.88 Å². The van der Waals surface area contributed by atoms with E-state index in [1.807, 2.05) is 13.0 Å². The van der Waals surface area contributed by atoms with Gasteiger partial charge in [-0.25, -0.2) is 4.98 Å². The van der Waals surface area contributed by atoms with Gasteiger partial charge in [-0.2, -0.15) is 0 Å². The van der Waals surface area contributed by atoms with Crippen LogP contribution in [0.5, 0.6) is 0 Å². The number of carbonyl (C=O) groups excluding carboxylic acids is 2. The van der Waals surface area contributed by atoms with E-state index in [1.165, 1.54) is 6.20 Å². The summed E-state index contributed by atoms with van der Waals surface area (Å²) in [6.07, 6.45) is 8.30. The molecular formula is C21H28N4O2. The molecule has 0 saturated heterocycles. The Bertz CT molecular complexity index is 808. The van der Waals surface area contributed by atoms with Gasteiger partial charge in [-0.15, -0.1) is 0 Å². The van der Waals surface area contributed by atoms with Crippen LogP contribution >= 0.6 is 0 Å². The Morgan fingerprint density at radius 2 is 2.15 bits per heavy atom. The third-order valence-electron chi connectivity index (χ3n) is 4.82. The molecule has 6 nitrogen and oxygen atoms in total. The molecule has 0 aliphatic carbocycles. The lowest BCUT2D eigenvalue weighted by atomic mass is 9.90. The Morgan fingerprint density at radius 3 is 2.74 bits per heavy atom. The molecule has 0 fully saturated rings. The number of ketones is 1. The van der Waals surface area contributed by atoms with Crippen LogP contribution in [0.2, 0.25) is 0 Å². The first kappa shape index (κ1) is 20.6. The highest BCUT2D eigenvalue weighted by atomic mass is 16.2. The van der Waals surface area contributed by atoms with Gasteiger partial charge in [0.1, 0.15) is 5.82 Å². The van der Waals surface area contributed by atoms with Crippen molar-refractivity contribution in [3.63, 3.8) is 0 Å². The number of amides is 1. The number of nitrogens with one attached hydrogen (secondary N) is 1. The number of aromatic nitrogens is 1. The summed E-state index contributed by atoms with van der Waals surface area (Å²) in [6, 6.07) is 1.60. The quantitative estimate of drug-likeness (QED) is 0.437. The van der Waals surface area contributed by atoms with Gasteiger partial charge in [0.2, 0.25) is 0 Å². The minimum Gasteiger partial charge on any atom is -0.383 e. The number of rotatable bonds is 7. The Hall–Kier alpha value is -2.76. The number of unbranched alkanes of at least 4 members (excludes halogenated alkanes) is 2. The zero-order valence-electron chi connectivity index (χ0n) is 16.3. The minimum atomic E-state index is -0.136. The van der Waals surface area contributed by atoms with Crippen LogP contribution in [-0.2, 0) is 4.79 Å². The summed E-state index contributed by atoms with van der Waals surface area (Å²) in [7, 11) is 0. The summed E-state index contributed by atoms with van der Waals surface area (Å²) in [5, 5.41) is 7.37. The van der Waals surface area contributed by atoms with E-state index in [4.69, 9.17) is 11.1 Å². The fraction of sp³-hybridized carbons (Fsp3) is 0.429. The topological polar surface area (TPSA) is 100 Å². The third-order valence-corrected chi connectivity index (χ3v) is 4.82. The number of allylic oxidation sites excluding steroid dienone is 2. The van der Waals surface area contributed by atoms with E-state index in [9.17, 15) is 9.59 Å². The van der Waals surface area contributed by atoms with Crippen molar-refractivity contribution in [2.75, 3.05) is 18.8 Å². The Kier molecular flexibility index (Phi) is 7.05. The Labute approximate surface area is 160 Å². The number of hydrogen-bond donors (Lipinski definition) is 2. The fourth-order valence-corrected chi connectivity index (χ4v) is 3.30. The second kappa shape index (κ2) is 9.26. The standard InChI is InChI=1S/C21H28N4O2/c1-4-5-6-7-19(15(3)26)18-8-9-25(13-14(18)2)21(27)17-10-16(11-22)20(23)24-12-17/h7,10-12,22H,4-6,8-9,13H2,1-3H3,(H2,23,24)/b19-7-,22-11?. The minimum absolute atomic E-state index is 0.0820. The first-order chi connectivity index (χ1) is 12.9. The SMILES string of the molecule is CCCC/C=C(/C(C)=O)C1=C(C)CN(C(=O)c2cnc(N)c(C=N)c2)CC1. The highest BCUT2D eigenvalue weighted by Gasteiger charge is 2.25. The van der Waals surface area contributed by atoms with Crippen molar-refractivity contribution in [2.45, 2.75) is 46.5 Å². The summed E-state index contributed by atoms with van der Waals surface area (Å²) in [4.78, 5) is 30.7. The van der Waals surface area contributed by atoms with E-state index in [0.717, 1.165) is 42.2 Å². The van der Waals surface area contributed by atoms with Gasteiger partial charge < -0.3 is 16.0 Å². The predicted octanol–water partition coefficient (Wildman–Crippen LogP) is 3.53. The molecule has 1 aliphatic heterocycles. The van der Waals surface area contributed by atoms with E-state index in [-0.39, 0.29) is 17.5 Å². The van der Waals surface area contributed by atoms with E-state index in [1.54, 1.807) is 17.9 Å². The lowest BCUT2D eigenvalue weighted by Gasteiger charge is -2.30. The van der Waals surface area contributed by atoms with Crippen LogP contribution < -0.4 is 5.73 Å². The van der Waals surface area contributed by atoms with Gasteiger partial charge in [0.05, 0.1) is 5.56 Å². The zero-order chi connectivity index (χ0) is 20.0. The molecule has 1 amide bonds. The summed E-state index contributed by atoms with van der Waals surface area (Å²) < 4.78 is 0. The number of nitrogens with two attached hydrogens (primary N) is 1. The maximum atomic E-state index is 12.8. The maximum absolute atomic E-state index is 12.8. The number of nitrogens with zero attached hydrogens (tertiary/aromatic N) is 2. The van der Waals surface area contributed by atoms with Gasteiger partial charge in [0.25, 0.3) is 5.91 Å². The smallest absolute Gasteiger partial charge is 0.255 e. The molecule has 1 aliphatic rings. The molecule has 0 radical (unpaired) electrons. The van der Waals surface area contributed by atoms with E-state index >= 15 is 0 Å². The number of nitrogen functional groups attached to an aromatic ring is 1. The average molecular weight is 368 g/mol. The summed E-state index contributed by atoms with van der Waals surface area (Å²) in [5.41, 5.74) is 9.46. The van der Waals surface area contributed by atoms with Crippen molar-refractivity contribution in [3.8, 4) is 0 Å². The number of Topliss-reactive ketones (excluding diaryl/α,β-unsaturated/α-hetero) is 1. The monoisotopic (exact) mass is 368 g/mol. The van der Waals surface area contributed by atoms with Crippen molar-refractivity contribution in [1.29, 1.82) is 5.41 Å². The summed E-state index contributed by atoms with van der Waals surface area (Å²) in [6.45, 7) is 6.75. The van der Waals surface area contributed by atoms with E-state index < -0.39 is 0 Å². The number of carbonyl (C=O) groups is 2. The van der Waals surface area contributed by atoms with Crippen LogP contribution in [0.1, 0.15) is 62.4 Å². The van der Waals surface area contributed by atoms with Gasteiger partial charge in [0, 0.05) is 36.6 Å². The molecule has 27 heavy (non-hydrogen) atoms. The molecule has 2 heterocycles. The lowest BCUT2D eigenvalue weighted by Crippen LogP contribution is -2.37. The molecular weight excluding hydrogens is 340 g/mol. The molecule has 0 bridgehead atoms. The van der Waals surface area contributed by atoms with Crippen LogP contribution in [0.3, 0.4) is 0 Å². The van der Waals surface area contributed by atoms with Crippen LogP contribution in [0.15, 0.2) is 35.1 Å². The Morgan fingerprint density at radius 1 is 1.41 bits per heavy atom. The molecule has 1 aromatic heterocycles. The zero-order valence-corrected chi connectivity index (χ0v) is 16.3. The largest absolute Gasteiger partial charge is 0.383 e. The summed E-state index contributed by atoms with van der Waals surface area (Å²) in [5.74, 6) is 0.184. The van der Waals surface area contributed by atoms with Gasteiger partial charge in [0.15, 0.2) is 5.78 Å². The fourth-order valence-electron chi connectivity index (χ4n) is 3.30. The van der Waals surface area contributed by atoms with Crippen molar-refractivity contribution < 1.29 is 9.59 Å². The van der Waals surface area contributed by atoms with Crippen molar-refractivity contribution in [2.24, 2.45) is 0 Å². The van der Waals surface area contributed by atoms with Crippen LogP contribution in [0.25, 0.3) is 0 Å². The average Bonchev–Trinajstić information content (AvgIpc) is 2.65. The van der Waals surface area contributed by atoms with Gasteiger partial charge in [-0.1, -0.05) is 25.8 Å². The van der Waals surface area contributed by atoms with Crippen LogP contribution in [0.4, 0.5) is 5.82 Å². The first-order valence-electron chi connectivity index (χ1n) is 9.34. The maximum Gasteiger partial charge on any atom is 0.255 e. The van der Waals surface area contributed by atoms with Gasteiger partial charge >= 0.3 is 0 Å². The Balaban J connectivity index is 2.21. The number of anilines is 1. The molecule has 2 rings (SSSR count). The first-order valence-corrected chi connectivity index (χ1v) is 9.34. The third kappa shape index (κ3) is 4.90. The molecule has 0 unspecified atom stereocenters. The lowest BCUT2D eigenvalue weighted by molar-refractivity contribution is -0.113. The van der Waals surface area contributed by atoms with Gasteiger partial charge in [-0.3, -0.25) is 9.59 Å². The molecule has 0 saturated carbocycles. The van der Waals surface area contributed by atoms with Gasteiger partial charge in [-0.05, 0) is 43.9 Å². The van der Waals surface area contributed by atoms with Crippen LogP contribution in [-0.4, -0.2) is 40.9 Å². The second-order valence-corrected chi connectivity index (χ2v) is 6.89. The van der Waals surface area contributed by atoms with Crippen LogP contribution in [0, 0.1) is 5.41 Å². The second-order valence-electron chi connectivity index (χ2n) is 6.89. The molecule has 1 aromatic rings. The molecule has 0 spiro atoms. The molecule has 0 atom stereocenters. The molecule has 3 N–H and O–H groups in total. The number of pyridine rings is 1. The number of hydrogen-bond acceptors (Lipinski definition) is 5. The molecule has 144 valence electrons. The van der Waals surface area contributed by atoms with Crippen molar-refractivity contribution >= 4 is 23.7 Å². The van der Waals surface area contributed by atoms with E-state index in [2.05, 4.69) is 11.9 Å². The van der Waals surface area contributed by atoms with Crippen molar-refractivity contribution in [3.05, 3.63) is 46.2 Å². The highest BCUT2D eigenvalue weighted by Crippen LogP contribution is 2.27. The normalized spacial score (nSPS) is 15.1. The molecule has 0 aromatic carbocycles. The molecule has 6 heteroatoms.